The highest BCUT2D eigenvalue weighted by atomic mass is 19.1. The van der Waals surface area contributed by atoms with Gasteiger partial charge in [0.1, 0.15) is 11.6 Å². The molecular weight excluding hydrogens is 395 g/mol. The van der Waals surface area contributed by atoms with Gasteiger partial charge in [0.25, 0.3) is 11.7 Å². The number of halogens is 1. The second kappa shape index (κ2) is 8.02. The zero-order valence-electron chi connectivity index (χ0n) is 17.9. The first kappa shape index (κ1) is 20.8. The number of likely N-dealkylation sites (tertiary alicyclic amines) is 1. The summed E-state index contributed by atoms with van der Waals surface area (Å²) < 4.78 is 15.7. The van der Waals surface area contributed by atoms with Crippen molar-refractivity contribution in [1.82, 2.24) is 9.47 Å². The van der Waals surface area contributed by atoms with E-state index in [1.165, 1.54) is 18.2 Å². The van der Waals surface area contributed by atoms with E-state index in [0.29, 0.717) is 17.7 Å². The summed E-state index contributed by atoms with van der Waals surface area (Å²) in [4.78, 5) is 27.6. The lowest BCUT2D eigenvalue weighted by Gasteiger charge is -2.24. The Morgan fingerprint density at radius 2 is 1.90 bits per heavy atom. The Labute approximate surface area is 180 Å². The summed E-state index contributed by atoms with van der Waals surface area (Å²) in [6, 6.07) is 11.2. The first-order valence-corrected chi connectivity index (χ1v) is 10.4. The number of unbranched alkanes of at least 4 members (excludes halogenated alkanes) is 1. The molecule has 2 aromatic carbocycles. The monoisotopic (exact) mass is 420 g/mol. The van der Waals surface area contributed by atoms with E-state index < -0.39 is 23.5 Å². The fraction of sp³-hybridized carbons (Fsp3) is 0.280. The number of para-hydroxylation sites is 1. The van der Waals surface area contributed by atoms with Gasteiger partial charge in [0.15, 0.2) is 0 Å². The lowest BCUT2D eigenvalue weighted by atomic mass is 9.94. The van der Waals surface area contributed by atoms with Crippen LogP contribution in [0.4, 0.5) is 4.39 Å². The maximum Gasteiger partial charge on any atom is 0.295 e. The highest BCUT2D eigenvalue weighted by Crippen LogP contribution is 2.42. The maximum absolute atomic E-state index is 13.8. The normalized spacial score (nSPS) is 18.3. The van der Waals surface area contributed by atoms with Crippen molar-refractivity contribution in [2.75, 3.05) is 6.54 Å². The minimum atomic E-state index is -0.714. The van der Waals surface area contributed by atoms with Crippen molar-refractivity contribution in [3.05, 3.63) is 76.7 Å². The molecule has 5 nitrogen and oxygen atoms in total. The number of benzene rings is 2. The molecule has 160 valence electrons. The first-order valence-electron chi connectivity index (χ1n) is 10.4. The molecule has 1 N–H and O–H groups in total. The Balaban J connectivity index is 1.96. The predicted octanol–water partition coefficient (Wildman–Crippen LogP) is 4.85. The van der Waals surface area contributed by atoms with E-state index in [9.17, 15) is 19.1 Å². The van der Waals surface area contributed by atoms with Gasteiger partial charge in [-0.15, -0.1) is 0 Å². The average Bonchev–Trinajstić information content (AvgIpc) is 3.22. The van der Waals surface area contributed by atoms with Crippen LogP contribution in [0.1, 0.15) is 42.5 Å². The summed E-state index contributed by atoms with van der Waals surface area (Å²) in [6.45, 7) is 4.02. The van der Waals surface area contributed by atoms with Crippen LogP contribution in [-0.2, 0) is 16.6 Å². The van der Waals surface area contributed by atoms with Crippen LogP contribution in [0.15, 0.2) is 54.2 Å². The van der Waals surface area contributed by atoms with Gasteiger partial charge in [-0.05, 0) is 43.2 Å². The molecule has 1 saturated heterocycles. The predicted molar refractivity (Wildman–Crippen MR) is 118 cm³/mol. The second-order valence-electron chi connectivity index (χ2n) is 8.02. The van der Waals surface area contributed by atoms with Gasteiger partial charge in [0.05, 0.1) is 11.6 Å². The SMILES string of the molecule is CCCCN1C(=O)C(=O)/C(=C(/O)c2ccc(F)c(C)c2)C1c1cn(C)c2ccccc12. The molecule has 2 heterocycles. The zero-order chi connectivity index (χ0) is 22.3. The molecule has 31 heavy (non-hydrogen) atoms. The number of aliphatic hydroxyl groups excluding tert-OH is 1. The first-order chi connectivity index (χ1) is 14.8. The number of nitrogens with zero attached hydrogens (tertiary/aromatic N) is 2. The Bertz CT molecular complexity index is 1220. The molecule has 1 atom stereocenters. The number of amides is 1. The van der Waals surface area contributed by atoms with E-state index in [1.54, 1.807) is 11.8 Å². The van der Waals surface area contributed by atoms with Gasteiger partial charge in [0, 0.05) is 41.8 Å². The lowest BCUT2D eigenvalue weighted by molar-refractivity contribution is -0.139. The summed E-state index contributed by atoms with van der Waals surface area (Å²) >= 11 is 0. The van der Waals surface area contributed by atoms with Gasteiger partial charge in [-0.25, -0.2) is 4.39 Å². The number of hydrogen-bond acceptors (Lipinski definition) is 3. The van der Waals surface area contributed by atoms with E-state index in [0.717, 1.165) is 29.3 Å². The van der Waals surface area contributed by atoms with E-state index in [2.05, 4.69) is 0 Å². The van der Waals surface area contributed by atoms with E-state index in [-0.39, 0.29) is 11.3 Å². The number of carbonyl (C=O) groups excluding carboxylic acids is 2. The summed E-state index contributed by atoms with van der Waals surface area (Å²) in [5.74, 6) is -2.01. The van der Waals surface area contributed by atoms with E-state index in [1.807, 2.05) is 49.0 Å². The van der Waals surface area contributed by atoms with E-state index in [4.69, 9.17) is 0 Å². The summed E-state index contributed by atoms with van der Waals surface area (Å²) in [5, 5.41) is 12.0. The van der Waals surface area contributed by atoms with Gasteiger partial charge < -0.3 is 14.6 Å². The third-order valence-corrected chi connectivity index (χ3v) is 5.95. The van der Waals surface area contributed by atoms with Gasteiger partial charge in [-0.1, -0.05) is 31.5 Å². The van der Waals surface area contributed by atoms with Crippen molar-refractivity contribution in [2.24, 2.45) is 7.05 Å². The standard InChI is InChI=1S/C25H25FN2O3/c1-4-5-12-28-22(18-14-27(3)20-9-7-6-8-17(18)20)21(24(30)25(28)31)23(29)16-10-11-19(26)15(2)13-16/h6-11,13-14,22,29H,4-5,12H2,1-3H3/b23-21+. The smallest absolute Gasteiger partial charge is 0.295 e. The number of ketones is 1. The molecule has 1 unspecified atom stereocenters. The van der Waals surface area contributed by atoms with Gasteiger partial charge in [-0.2, -0.15) is 0 Å². The number of aromatic nitrogens is 1. The van der Waals surface area contributed by atoms with Gasteiger partial charge >= 0.3 is 0 Å². The molecule has 1 fully saturated rings. The maximum atomic E-state index is 13.8. The molecule has 0 saturated carbocycles. The zero-order valence-corrected chi connectivity index (χ0v) is 17.9. The molecule has 0 spiro atoms. The molecule has 4 rings (SSSR count). The second-order valence-corrected chi connectivity index (χ2v) is 8.02. The molecule has 1 amide bonds. The van der Waals surface area contributed by atoms with Crippen molar-refractivity contribution in [1.29, 1.82) is 0 Å². The third-order valence-electron chi connectivity index (χ3n) is 5.95. The number of rotatable bonds is 5. The lowest BCUT2D eigenvalue weighted by Crippen LogP contribution is -2.30. The van der Waals surface area contributed by atoms with Crippen LogP contribution in [0.25, 0.3) is 16.7 Å². The minimum absolute atomic E-state index is 0.0449. The van der Waals surface area contributed by atoms with Crippen LogP contribution in [0.5, 0.6) is 0 Å². The summed E-state index contributed by atoms with van der Waals surface area (Å²) in [6.07, 6.45) is 3.51. The van der Waals surface area contributed by atoms with Crippen LogP contribution in [0.3, 0.4) is 0 Å². The summed E-state index contributed by atoms with van der Waals surface area (Å²) in [7, 11) is 1.91. The third kappa shape index (κ3) is 3.42. The Hall–Kier alpha value is -3.41. The number of hydrogen-bond donors (Lipinski definition) is 1. The molecular formula is C25H25FN2O3. The van der Waals surface area contributed by atoms with Gasteiger partial charge in [0.2, 0.25) is 0 Å². The molecule has 0 aliphatic carbocycles. The van der Waals surface area contributed by atoms with Crippen LogP contribution >= 0.6 is 0 Å². The van der Waals surface area contributed by atoms with E-state index >= 15 is 0 Å². The minimum Gasteiger partial charge on any atom is -0.507 e. The Kier molecular flexibility index (Phi) is 5.39. The fourth-order valence-corrected chi connectivity index (χ4v) is 4.30. The van der Waals surface area contributed by atoms with Crippen molar-refractivity contribution < 1.29 is 19.1 Å². The molecule has 6 heteroatoms. The molecule has 0 radical (unpaired) electrons. The number of aliphatic hydroxyl groups is 1. The Morgan fingerprint density at radius 3 is 2.61 bits per heavy atom. The number of Topliss-reactive ketones (excluding diaryl/α,β-unsaturated/α-hetero) is 1. The van der Waals surface area contributed by atoms with Crippen molar-refractivity contribution in [2.45, 2.75) is 32.7 Å². The van der Waals surface area contributed by atoms with Crippen LogP contribution < -0.4 is 0 Å². The topological polar surface area (TPSA) is 62.5 Å². The highest BCUT2D eigenvalue weighted by molar-refractivity contribution is 6.46. The van der Waals surface area contributed by atoms with Crippen molar-refractivity contribution in [3.63, 3.8) is 0 Å². The quantitative estimate of drug-likeness (QED) is 0.365. The van der Waals surface area contributed by atoms with Crippen molar-refractivity contribution >= 4 is 28.4 Å². The number of fused-ring (bicyclic) bond motifs is 1. The average molecular weight is 420 g/mol. The fourth-order valence-electron chi connectivity index (χ4n) is 4.30. The number of carbonyl (C=O) groups is 2. The molecule has 1 aliphatic heterocycles. The highest BCUT2D eigenvalue weighted by Gasteiger charge is 2.46. The van der Waals surface area contributed by atoms with Crippen LogP contribution in [-0.4, -0.2) is 32.8 Å². The largest absolute Gasteiger partial charge is 0.507 e. The molecule has 3 aromatic rings. The number of aryl methyl sites for hydroxylation is 2. The van der Waals surface area contributed by atoms with Gasteiger partial charge in [-0.3, -0.25) is 9.59 Å². The van der Waals surface area contributed by atoms with Crippen LogP contribution in [0, 0.1) is 12.7 Å². The van der Waals surface area contributed by atoms with Crippen LogP contribution in [0.2, 0.25) is 0 Å². The molecule has 0 bridgehead atoms. The van der Waals surface area contributed by atoms with Crippen molar-refractivity contribution in [3.8, 4) is 0 Å². The summed E-state index contributed by atoms with van der Waals surface area (Å²) in [5.41, 5.74) is 2.47. The molecule has 1 aliphatic rings. The molecule has 1 aromatic heterocycles. The Morgan fingerprint density at radius 1 is 1.16 bits per heavy atom.